The Hall–Kier alpha value is -1.91. The fourth-order valence-electron chi connectivity index (χ4n) is 18.3. The van der Waals surface area contributed by atoms with Crippen LogP contribution in [0.25, 0.3) is 0 Å². The third-order valence-electron chi connectivity index (χ3n) is 21.3. The van der Waals surface area contributed by atoms with Gasteiger partial charge in [-0.2, -0.15) is 0 Å². The Morgan fingerprint density at radius 1 is 0.912 bits per heavy atom. The van der Waals surface area contributed by atoms with E-state index in [0.29, 0.717) is 30.8 Å². The number of aliphatic carboxylic acids is 1. The molecule has 7 fully saturated rings. The van der Waals surface area contributed by atoms with Gasteiger partial charge >= 0.3 is 5.97 Å². The summed E-state index contributed by atoms with van der Waals surface area (Å²) in [6.45, 7) is 15.3. The first-order valence-corrected chi connectivity index (χ1v) is 23.4. The number of carbonyl (C=O) groups is 1. The lowest BCUT2D eigenvalue weighted by atomic mass is 9.18. The van der Waals surface area contributed by atoms with Gasteiger partial charge in [-0.25, -0.2) is 0 Å². The van der Waals surface area contributed by atoms with Gasteiger partial charge in [0.05, 0.1) is 24.7 Å². The molecule has 1 saturated heterocycles. The monoisotopic (exact) mass is 783 g/mol. The van der Waals surface area contributed by atoms with Crippen LogP contribution in [-0.4, -0.2) is 53.5 Å². The zero-order chi connectivity index (χ0) is 40.5. The van der Waals surface area contributed by atoms with E-state index in [9.17, 15) is 20.1 Å². The minimum atomic E-state index is -1.21. The van der Waals surface area contributed by atoms with Crippen molar-refractivity contribution in [2.45, 2.75) is 169 Å². The first-order chi connectivity index (χ1) is 27.0. The van der Waals surface area contributed by atoms with Crippen molar-refractivity contribution in [2.24, 2.45) is 72.9 Å². The number of carboxylic acid groups (broad SMARTS) is 1. The zero-order valence-electron chi connectivity index (χ0n) is 36.5. The second-order valence-electron chi connectivity index (χ2n) is 22.6. The van der Waals surface area contributed by atoms with Crippen molar-refractivity contribution < 1.29 is 29.6 Å². The summed E-state index contributed by atoms with van der Waals surface area (Å²) < 4.78 is 12.5. The van der Waals surface area contributed by atoms with Crippen LogP contribution in [0.5, 0.6) is 0 Å². The standard InChI is InChI=1S/C51H74O6/c1-8-10-35-11-9-20-48-26-27-49-34(2)51(55,57-41(49)29-37-14-12-36(13-15-37)19-28-56-7)31-39-17-16-38(46(48,6)50(39,49)33-52)30-47(21-18-35)40-32-44(4,42(53)54)23-22-43(40,3)24-25-45(47,48)5/h12-15,34-35,38-41,52,55H,8,10-11,16-19,21-33H2,1-7H3,(H,53,54)/t34-,35+,38+,39-,40-,41+,43-,44-,45+,46-,47+,48-,49-,50+,51+/m1/s1. The molecular weight excluding hydrogens is 709 g/mol. The number of methoxy groups -OCH3 is 1. The predicted molar refractivity (Wildman–Crippen MR) is 223 cm³/mol. The Kier molecular flexibility index (Phi) is 9.44. The summed E-state index contributed by atoms with van der Waals surface area (Å²) in [5, 5.41) is 36.2. The molecule has 1 aromatic carbocycles. The SMILES string of the molecule is CCC[C@H]1CC#C[C@@]23CC[C@@]45[C@H](Cc6ccc(CCOC)cc6)O[C@@](O)(C[C@H]6CC[C@@H](C[C@@]7(CC1)[C@@H]1C[C@](C)(C(=O)O)CC[C@]1(C)CC[C@@]72C)[C@@]3(C)[C@]64CO)[C@@H]5C. The van der Waals surface area contributed by atoms with E-state index in [4.69, 9.17) is 9.47 Å². The first kappa shape index (κ1) is 40.5. The molecule has 0 amide bonds. The van der Waals surface area contributed by atoms with Gasteiger partial charge in [0.15, 0.2) is 5.79 Å². The summed E-state index contributed by atoms with van der Waals surface area (Å²) in [5.41, 5.74) is 0.175. The molecule has 1 aromatic rings. The van der Waals surface area contributed by atoms with Gasteiger partial charge in [0.2, 0.25) is 0 Å². The van der Waals surface area contributed by atoms with Crippen LogP contribution in [0.4, 0.5) is 0 Å². The van der Waals surface area contributed by atoms with E-state index < -0.39 is 28.0 Å². The van der Waals surface area contributed by atoms with Crippen molar-refractivity contribution >= 4 is 5.97 Å². The lowest BCUT2D eigenvalue weighted by Crippen LogP contribution is -2.82. The summed E-state index contributed by atoms with van der Waals surface area (Å²) in [6.07, 6.45) is 17.4. The molecule has 1 heterocycles. The van der Waals surface area contributed by atoms with Crippen LogP contribution >= 0.6 is 0 Å². The number of aliphatic hydroxyl groups is 2. The predicted octanol–water partition coefficient (Wildman–Crippen LogP) is 10.0. The fraction of sp³-hybridized carbons (Fsp3) is 0.824. The fourth-order valence-corrected chi connectivity index (χ4v) is 18.3. The Morgan fingerprint density at radius 2 is 1.63 bits per heavy atom. The van der Waals surface area contributed by atoms with Crippen LogP contribution in [0, 0.1) is 84.8 Å². The lowest BCUT2D eigenvalue weighted by molar-refractivity contribution is -0.378. The van der Waals surface area contributed by atoms with Crippen molar-refractivity contribution in [3.63, 3.8) is 0 Å². The van der Waals surface area contributed by atoms with Gasteiger partial charge in [0.1, 0.15) is 0 Å². The normalized spacial score (nSPS) is 51.8. The summed E-state index contributed by atoms with van der Waals surface area (Å²) >= 11 is 0. The molecule has 57 heavy (non-hydrogen) atoms. The Bertz CT molecular complexity index is 1810. The smallest absolute Gasteiger partial charge is 0.309 e. The van der Waals surface area contributed by atoms with Crippen LogP contribution in [0.2, 0.25) is 0 Å². The summed E-state index contributed by atoms with van der Waals surface area (Å²) in [5.74, 6) is 7.82. The van der Waals surface area contributed by atoms with Gasteiger partial charge in [0.25, 0.3) is 0 Å². The minimum Gasteiger partial charge on any atom is -0.481 e. The van der Waals surface area contributed by atoms with E-state index in [0.717, 1.165) is 96.3 Å². The molecule has 1 aliphatic heterocycles. The number of benzene rings is 1. The van der Waals surface area contributed by atoms with Crippen LogP contribution in [0.1, 0.15) is 155 Å². The number of fused-ring (bicyclic) bond motifs is 2. The van der Waals surface area contributed by atoms with E-state index in [-0.39, 0.29) is 51.6 Å². The molecule has 8 aliphatic rings. The van der Waals surface area contributed by atoms with E-state index in [1.807, 2.05) is 0 Å². The van der Waals surface area contributed by atoms with Crippen molar-refractivity contribution in [1.82, 2.24) is 0 Å². The number of hydrogen-bond acceptors (Lipinski definition) is 5. The second kappa shape index (κ2) is 13.3. The Morgan fingerprint density at radius 3 is 2.33 bits per heavy atom. The molecular formula is C51H74O6. The van der Waals surface area contributed by atoms with E-state index in [2.05, 4.69) is 77.6 Å². The summed E-state index contributed by atoms with van der Waals surface area (Å²) in [7, 11) is 1.75. The molecule has 314 valence electrons. The average Bonchev–Trinajstić information content (AvgIpc) is 3.33. The van der Waals surface area contributed by atoms with E-state index >= 15 is 0 Å². The molecule has 6 heteroatoms. The summed E-state index contributed by atoms with van der Waals surface area (Å²) in [4.78, 5) is 13.2. The van der Waals surface area contributed by atoms with E-state index in [1.165, 1.54) is 24.0 Å². The van der Waals surface area contributed by atoms with Crippen LogP contribution in [0.15, 0.2) is 24.3 Å². The van der Waals surface area contributed by atoms with Crippen LogP contribution in [0.3, 0.4) is 0 Å². The molecule has 0 radical (unpaired) electrons. The first-order valence-electron chi connectivity index (χ1n) is 23.4. The maximum atomic E-state index is 13.2. The largest absolute Gasteiger partial charge is 0.481 e. The van der Waals surface area contributed by atoms with Crippen LogP contribution < -0.4 is 0 Å². The average molecular weight is 783 g/mol. The quantitative estimate of drug-likeness (QED) is 0.216. The highest BCUT2D eigenvalue weighted by Crippen LogP contribution is 2.91. The maximum Gasteiger partial charge on any atom is 0.309 e. The molecule has 0 unspecified atom stereocenters. The van der Waals surface area contributed by atoms with E-state index in [1.54, 1.807) is 7.11 Å². The third kappa shape index (κ3) is 4.84. The van der Waals surface area contributed by atoms with Crippen molar-refractivity contribution in [3.05, 3.63) is 35.4 Å². The maximum absolute atomic E-state index is 13.2. The number of rotatable bonds is 9. The van der Waals surface area contributed by atoms with Gasteiger partial charge in [-0.15, -0.1) is 5.92 Å². The highest BCUT2D eigenvalue weighted by atomic mass is 16.6. The Labute approximate surface area is 344 Å². The molecule has 4 bridgehead atoms. The minimum absolute atomic E-state index is 0.0303. The topological polar surface area (TPSA) is 96.2 Å². The zero-order valence-corrected chi connectivity index (χ0v) is 36.5. The third-order valence-corrected chi connectivity index (χ3v) is 21.3. The van der Waals surface area contributed by atoms with Crippen molar-refractivity contribution in [2.75, 3.05) is 20.3 Å². The van der Waals surface area contributed by atoms with Gasteiger partial charge in [0, 0.05) is 42.1 Å². The molecule has 0 aromatic heterocycles. The highest BCUT2D eigenvalue weighted by Gasteiger charge is 2.89. The number of hydrogen-bond donors (Lipinski definition) is 3. The van der Waals surface area contributed by atoms with Gasteiger partial charge in [-0.05, 0) is 160 Å². The highest BCUT2D eigenvalue weighted by molar-refractivity contribution is 5.74. The van der Waals surface area contributed by atoms with Gasteiger partial charge in [-0.1, -0.05) is 71.2 Å². The molecule has 15 atom stereocenters. The second-order valence-corrected chi connectivity index (χ2v) is 22.6. The lowest BCUT2D eigenvalue weighted by Gasteiger charge is -2.85. The van der Waals surface area contributed by atoms with Crippen molar-refractivity contribution in [1.29, 1.82) is 0 Å². The molecule has 9 rings (SSSR count). The number of carboxylic acids is 1. The van der Waals surface area contributed by atoms with Crippen molar-refractivity contribution in [3.8, 4) is 11.8 Å². The molecule has 6 saturated carbocycles. The molecule has 2 spiro atoms. The van der Waals surface area contributed by atoms with Gasteiger partial charge in [-0.3, -0.25) is 4.79 Å². The van der Waals surface area contributed by atoms with Crippen LogP contribution in [-0.2, 0) is 27.1 Å². The Balaban J connectivity index is 1.24. The summed E-state index contributed by atoms with van der Waals surface area (Å²) in [6, 6.07) is 8.95. The molecule has 6 nitrogen and oxygen atoms in total. The van der Waals surface area contributed by atoms with Gasteiger partial charge < -0.3 is 24.8 Å². The number of aliphatic hydroxyl groups excluding tert-OH is 1. The molecule has 3 N–H and O–H groups in total. The molecule has 7 aliphatic carbocycles. The number of ether oxygens (including phenoxy) is 2.